The second kappa shape index (κ2) is 8.66. The number of hydrogen-bond donors (Lipinski definition) is 1. The molecule has 1 N–H and O–H groups in total. The highest BCUT2D eigenvalue weighted by Gasteiger charge is 2.25. The van der Waals surface area contributed by atoms with Crippen LogP contribution >= 0.6 is 34.8 Å². The topological polar surface area (TPSA) is 63.7 Å². The zero-order valence-corrected chi connectivity index (χ0v) is 17.0. The standard InChI is InChI=1S/C17H18Cl3N3O3/c1-9(24)23(8-10-7-22-14(18)5-11(10)21-2)17-15(19)12(25-3)6-13(26-4)16(17)20/h5-7H,8H2,1-4H3,(H,21,22). The summed E-state index contributed by atoms with van der Waals surface area (Å²) in [7, 11) is 4.69. The van der Waals surface area contributed by atoms with Crippen LogP contribution in [0.25, 0.3) is 0 Å². The first kappa shape index (κ1) is 20.4. The van der Waals surface area contributed by atoms with Gasteiger partial charge in [-0.15, -0.1) is 0 Å². The SMILES string of the molecule is CNc1cc(Cl)ncc1CN(C(C)=O)c1c(Cl)c(OC)cc(OC)c1Cl. The Morgan fingerprint density at radius 3 is 2.19 bits per heavy atom. The molecule has 0 aliphatic heterocycles. The van der Waals surface area contributed by atoms with Crippen LogP contribution < -0.4 is 19.7 Å². The molecule has 1 aromatic heterocycles. The van der Waals surface area contributed by atoms with E-state index in [1.165, 1.54) is 26.0 Å². The first-order valence-electron chi connectivity index (χ1n) is 7.54. The molecule has 26 heavy (non-hydrogen) atoms. The Labute approximate surface area is 167 Å². The second-order valence-corrected chi connectivity index (χ2v) is 6.42. The predicted octanol–water partition coefficient (Wildman–Crippen LogP) is 4.65. The maximum atomic E-state index is 12.4. The average Bonchev–Trinajstić information content (AvgIpc) is 2.62. The molecule has 0 spiro atoms. The Kier molecular flexibility index (Phi) is 6.81. The molecule has 1 aromatic carbocycles. The summed E-state index contributed by atoms with van der Waals surface area (Å²) in [5.41, 5.74) is 1.77. The summed E-state index contributed by atoms with van der Waals surface area (Å²) in [5.74, 6) is 0.426. The first-order valence-corrected chi connectivity index (χ1v) is 8.67. The van der Waals surface area contributed by atoms with E-state index in [4.69, 9.17) is 44.3 Å². The smallest absolute Gasteiger partial charge is 0.224 e. The molecule has 0 unspecified atom stereocenters. The van der Waals surface area contributed by atoms with Gasteiger partial charge in [0.1, 0.15) is 26.7 Å². The van der Waals surface area contributed by atoms with Gasteiger partial charge in [-0.05, 0) is 6.07 Å². The summed E-state index contributed by atoms with van der Waals surface area (Å²) >= 11 is 18.8. The second-order valence-electron chi connectivity index (χ2n) is 5.28. The average molecular weight is 419 g/mol. The number of halogens is 3. The number of nitrogens with zero attached hydrogens (tertiary/aromatic N) is 2. The van der Waals surface area contributed by atoms with E-state index in [2.05, 4.69) is 10.3 Å². The monoisotopic (exact) mass is 417 g/mol. The molecule has 6 nitrogen and oxygen atoms in total. The zero-order valence-electron chi connectivity index (χ0n) is 14.7. The van der Waals surface area contributed by atoms with Crippen LogP contribution in [0.3, 0.4) is 0 Å². The van der Waals surface area contributed by atoms with Gasteiger partial charge in [0.2, 0.25) is 5.91 Å². The van der Waals surface area contributed by atoms with Crippen LogP contribution in [0.15, 0.2) is 18.3 Å². The molecule has 2 rings (SSSR count). The number of benzene rings is 1. The van der Waals surface area contributed by atoms with Crippen molar-refractivity contribution in [3.05, 3.63) is 39.1 Å². The molecule has 1 heterocycles. The largest absolute Gasteiger partial charge is 0.495 e. The van der Waals surface area contributed by atoms with E-state index in [1.54, 1.807) is 25.4 Å². The van der Waals surface area contributed by atoms with Gasteiger partial charge in [0.25, 0.3) is 0 Å². The number of amides is 1. The Balaban J connectivity index is 2.60. The van der Waals surface area contributed by atoms with Gasteiger partial charge in [-0.25, -0.2) is 4.98 Å². The molecule has 0 bridgehead atoms. The lowest BCUT2D eigenvalue weighted by molar-refractivity contribution is -0.116. The predicted molar refractivity (Wildman–Crippen MR) is 105 cm³/mol. The van der Waals surface area contributed by atoms with Gasteiger partial charge < -0.3 is 19.7 Å². The first-order chi connectivity index (χ1) is 12.3. The third-order valence-corrected chi connectivity index (χ3v) is 4.69. The summed E-state index contributed by atoms with van der Waals surface area (Å²) in [4.78, 5) is 17.9. The number of anilines is 2. The lowest BCUT2D eigenvalue weighted by atomic mass is 10.2. The Hall–Kier alpha value is -1.89. The molecule has 0 saturated heterocycles. The molecule has 1 amide bonds. The van der Waals surface area contributed by atoms with Crippen molar-refractivity contribution in [2.75, 3.05) is 31.5 Å². The van der Waals surface area contributed by atoms with Gasteiger partial charge in [0.15, 0.2) is 0 Å². The fourth-order valence-corrected chi connectivity index (χ4v) is 3.31. The van der Waals surface area contributed by atoms with Gasteiger partial charge >= 0.3 is 0 Å². The number of nitrogens with one attached hydrogen (secondary N) is 1. The molecule has 0 aliphatic carbocycles. The van der Waals surface area contributed by atoms with E-state index in [-0.39, 0.29) is 22.5 Å². The van der Waals surface area contributed by atoms with E-state index >= 15 is 0 Å². The van der Waals surface area contributed by atoms with Crippen molar-refractivity contribution in [2.45, 2.75) is 13.5 Å². The molecule has 140 valence electrons. The van der Waals surface area contributed by atoms with Crippen molar-refractivity contribution in [2.24, 2.45) is 0 Å². The van der Waals surface area contributed by atoms with Crippen LogP contribution in [0.4, 0.5) is 11.4 Å². The maximum absolute atomic E-state index is 12.4. The van der Waals surface area contributed by atoms with Gasteiger partial charge in [0.05, 0.1) is 26.5 Å². The minimum atomic E-state index is -0.263. The molecule has 0 aliphatic rings. The number of pyridine rings is 1. The number of aromatic nitrogens is 1. The quantitative estimate of drug-likeness (QED) is 0.692. The number of hydrogen-bond acceptors (Lipinski definition) is 5. The highest BCUT2D eigenvalue weighted by molar-refractivity contribution is 6.41. The minimum absolute atomic E-state index is 0.172. The molecule has 2 aromatic rings. The van der Waals surface area contributed by atoms with Gasteiger partial charge in [-0.2, -0.15) is 0 Å². The molecule has 9 heteroatoms. The number of ether oxygens (including phenoxy) is 2. The third kappa shape index (κ3) is 4.09. The Bertz CT molecular complexity index is 802. The van der Waals surface area contributed by atoms with Crippen LogP contribution in [-0.2, 0) is 11.3 Å². The maximum Gasteiger partial charge on any atom is 0.224 e. The summed E-state index contributed by atoms with van der Waals surface area (Å²) in [6, 6.07) is 3.24. The van der Waals surface area contributed by atoms with Gasteiger partial charge in [-0.3, -0.25) is 4.79 Å². The molecule has 0 saturated carbocycles. The summed E-state index contributed by atoms with van der Waals surface area (Å²) < 4.78 is 10.5. The number of methoxy groups -OCH3 is 2. The molecule has 0 radical (unpaired) electrons. The summed E-state index contributed by atoms with van der Waals surface area (Å²) in [6.07, 6.45) is 1.59. The number of carbonyl (C=O) groups excluding carboxylic acids is 1. The van der Waals surface area contributed by atoms with Crippen molar-refractivity contribution in [3.63, 3.8) is 0 Å². The lowest BCUT2D eigenvalue weighted by Crippen LogP contribution is -2.29. The summed E-state index contributed by atoms with van der Waals surface area (Å²) in [6.45, 7) is 1.59. The normalized spacial score (nSPS) is 10.4. The number of carbonyl (C=O) groups is 1. The highest BCUT2D eigenvalue weighted by atomic mass is 35.5. The lowest BCUT2D eigenvalue weighted by Gasteiger charge is -2.26. The Morgan fingerprint density at radius 1 is 1.15 bits per heavy atom. The van der Waals surface area contributed by atoms with E-state index in [0.29, 0.717) is 22.3 Å². The van der Waals surface area contributed by atoms with Crippen LogP contribution in [0.1, 0.15) is 12.5 Å². The molecule has 0 atom stereocenters. The van der Waals surface area contributed by atoms with Crippen LogP contribution in [-0.4, -0.2) is 32.2 Å². The minimum Gasteiger partial charge on any atom is -0.495 e. The third-order valence-electron chi connectivity index (χ3n) is 3.75. The van der Waals surface area contributed by atoms with Crippen LogP contribution in [0.5, 0.6) is 11.5 Å². The van der Waals surface area contributed by atoms with Gasteiger partial charge in [-0.1, -0.05) is 34.8 Å². The highest BCUT2D eigenvalue weighted by Crippen LogP contribution is 2.46. The fraction of sp³-hybridized carbons (Fsp3) is 0.294. The van der Waals surface area contributed by atoms with Crippen LogP contribution in [0, 0.1) is 0 Å². The van der Waals surface area contributed by atoms with E-state index < -0.39 is 0 Å². The molecular formula is C17H18Cl3N3O3. The Morgan fingerprint density at radius 2 is 1.73 bits per heavy atom. The van der Waals surface area contributed by atoms with Crippen molar-refractivity contribution in [3.8, 4) is 11.5 Å². The zero-order chi connectivity index (χ0) is 19.4. The number of rotatable bonds is 6. The van der Waals surface area contributed by atoms with Crippen molar-refractivity contribution in [1.82, 2.24) is 4.98 Å². The van der Waals surface area contributed by atoms with E-state index in [0.717, 1.165) is 11.3 Å². The molecule has 0 fully saturated rings. The molecular weight excluding hydrogens is 401 g/mol. The van der Waals surface area contributed by atoms with Crippen molar-refractivity contribution in [1.29, 1.82) is 0 Å². The van der Waals surface area contributed by atoms with Gasteiger partial charge in [0, 0.05) is 37.5 Å². The van der Waals surface area contributed by atoms with Crippen LogP contribution in [0.2, 0.25) is 15.2 Å². The summed E-state index contributed by atoms with van der Waals surface area (Å²) in [5, 5.41) is 3.79. The van der Waals surface area contributed by atoms with Crippen molar-refractivity contribution >= 4 is 52.1 Å². The van der Waals surface area contributed by atoms with Crippen molar-refractivity contribution < 1.29 is 14.3 Å². The van der Waals surface area contributed by atoms with E-state index in [1.807, 2.05) is 0 Å². The van der Waals surface area contributed by atoms with E-state index in [9.17, 15) is 4.79 Å². The fourth-order valence-electron chi connectivity index (χ4n) is 2.44.